The SMILES string of the molecule is COC(=O)C(OCC(F)(F)F)[C@](C)(N[S@](=O)C(C)(C)C)c1cc(Br)ccc1F. The van der Waals surface area contributed by atoms with Crippen molar-refractivity contribution >= 4 is 32.9 Å². The van der Waals surface area contributed by atoms with E-state index in [-0.39, 0.29) is 5.56 Å². The summed E-state index contributed by atoms with van der Waals surface area (Å²) in [6.07, 6.45) is -6.68. The first-order valence-electron chi connectivity index (χ1n) is 8.03. The van der Waals surface area contributed by atoms with Crippen LogP contribution in [0.15, 0.2) is 22.7 Å². The molecule has 1 aromatic carbocycles. The summed E-state index contributed by atoms with van der Waals surface area (Å²) in [5.74, 6) is -2.00. The van der Waals surface area contributed by atoms with Crippen molar-refractivity contribution in [2.45, 2.75) is 50.3 Å². The van der Waals surface area contributed by atoms with Crippen LogP contribution >= 0.6 is 15.9 Å². The summed E-state index contributed by atoms with van der Waals surface area (Å²) in [5.41, 5.74) is -2.15. The molecule has 0 fully saturated rings. The number of alkyl halides is 3. The molecule has 28 heavy (non-hydrogen) atoms. The van der Waals surface area contributed by atoms with E-state index in [4.69, 9.17) is 4.74 Å². The van der Waals surface area contributed by atoms with Crippen molar-refractivity contribution in [2.24, 2.45) is 0 Å². The van der Waals surface area contributed by atoms with Gasteiger partial charge in [-0.25, -0.2) is 18.1 Å². The van der Waals surface area contributed by atoms with Crippen molar-refractivity contribution in [1.29, 1.82) is 0 Å². The smallest absolute Gasteiger partial charge is 0.411 e. The van der Waals surface area contributed by atoms with Gasteiger partial charge in [0.25, 0.3) is 0 Å². The molecule has 0 radical (unpaired) electrons. The first-order valence-corrected chi connectivity index (χ1v) is 9.97. The van der Waals surface area contributed by atoms with Crippen LogP contribution in [0, 0.1) is 5.82 Å². The Kier molecular flexibility index (Phi) is 8.20. The highest BCUT2D eigenvalue weighted by atomic mass is 79.9. The quantitative estimate of drug-likeness (QED) is 0.462. The molecule has 1 rings (SSSR count). The Morgan fingerprint density at radius 2 is 1.82 bits per heavy atom. The molecule has 160 valence electrons. The fourth-order valence-corrected chi connectivity index (χ4v) is 3.52. The zero-order chi connectivity index (χ0) is 21.9. The third-order valence-electron chi connectivity index (χ3n) is 3.70. The van der Waals surface area contributed by atoms with Crippen molar-refractivity contribution in [2.75, 3.05) is 13.7 Å². The van der Waals surface area contributed by atoms with Gasteiger partial charge in [0.1, 0.15) is 12.4 Å². The molecule has 0 aliphatic heterocycles. The molecular weight excluding hydrogens is 470 g/mol. The largest absolute Gasteiger partial charge is 0.467 e. The lowest BCUT2D eigenvalue weighted by molar-refractivity contribution is -0.201. The summed E-state index contributed by atoms with van der Waals surface area (Å²) >= 11 is 3.16. The fraction of sp³-hybridized carbons (Fsp3) is 0.588. The topological polar surface area (TPSA) is 64.6 Å². The van der Waals surface area contributed by atoms with E-state index >= 15 is 0 Å². The van der Waals surface area contributed by atoms with Crippen LogP contribution in [0.2, 0.25) is 0 Å². The van der Waals surface area contributed by atoms with Gasteiger partial charge in [0.15, 0.2) is 6.10 Å². The maximum absolute atomic E-state index is 14.6. The van der Waals surface area contributed by atoms with Gasteiger partial charge in [-0.15, -0.1) is 0 Å². The van der Waals surface area contributed by atoms with Gasteiger partial charge < -0.3 is 9.47 Å². The molecular formula is C17H22BrF4NO4S. The molecule has 1 N–H and O–H groups in total. The number of ether oxygens (including phenoxy) is 2. The molecule has 0 amide bonds. The minimum absolute atomic E-state index is 0.211. The van der Waals surface area contributed by atoms with Gasteiger partial charge in [0.05, 0.1) is 28.4 Å². The van der Waals surface area contributed by atoms with Crippen molar-refractivity contribution in [1.82, 2.24) is 4.72 Å². The summed E-state index contributed by atoms with van der Waals surface area (Å²) in [4.78, 5) is 12.3. The van der Waals surface area contributed by atoms with E-state index in [1.165, 1.54) is 19.1 Å². The maximum Gasteiger partial charge on any atom is 0.411 e. The summed E-state index contributed by atoms with van der Waals surface area (Å²) in [6, 6.07) is 3.72. The van der Waals surface area contributed by atoms with Gasteiger partial charge in [-0.3, -0.25) is 0 Å². The average Bonchev–Trinajstić information content (AvgIpc) is 2.54. The lowest BCUT2D eigenvalue weighted by atomic mass is 9.86. The van der Waals surface area contributed by atoms with Crippen LogP contribution in [-0.2, 0) is 30.8 Å². The molecule has 0 bridgehead atoms. The number of nitrogens with one attached hydrogen (secondary N) is 1. The van der Waals surface area contributed by atoms with Gasteiger partial charge in [-0.05, 0) is 45.9 Å². The second-order valence-corrected chi connectivity index (χ2v) is 10.0. The molecule has 1 unspecified atom stereocenters. The van der Waals surface area contributed by atoms with Crippen LogP contribution in [0.5, 0.6) is 0 Å². The summed E-state index contributed by atoms with van der Waals surface area (Å²) in [7, 11) is -0.924. The number of carbonyl (C=O) groups is 1. The highest BCUT2D eigenvalue weighted by Gasteiger charge is 2.48. The number of methoxy groups -OCH3 is 1. The molecule has 11 heteroatoms. The third-order valence-corrected chi connectivity index (χ3v) is 5.92. The number of hydrogen-bond donors (Lipinski definition) is 1. The Labute approximate surface area is 171 Å². The molecule has 1 aromatic rings. The fourth-order valence-electron chi connectivity index (χ4n) is 2.25. The predicted octanol–water partition coefficient (Wildman–Crippen LogP) is 3.98. The number of hydrogen-bond acceptors (Lipinski definition) is 4. The van der Waals surface area contributed by atoms with E-state index in [0.717, 1.165) is 13.2 Å². The standard InChI is InChI=1S/C17H22BrF4NO4S/c1-15(2,3)28(25)23-16(4,11-8-10(18)6-7-12(11)19)13(14(24)26-5)27-9-17(20,21)22/h6-8,13,23H,9H2,1-5H3/t13?,16-,28-/m1/s1. The van der Waals surface area contributed by atoms with E-state index in [2.05, 4.69) is 25.4 Å². The Bertz CT molecular complexity index is 739. The molecule has 0 heterocycles. The predicted molar refractivity (Wildman–Crippen MR) is 100 cm³/mol. The maximum atomic E-state index is 14.6. The third kappa shape index (κ3) is 6.50. The van der Waals surface area contributed by atoms with Crippen LogP contribution in [0.1, 0.15) is 33.3 Å². The lowest BCUT2D eigenvalue weighted by Crippen LogP contribution is -2.57. The first-order chi connectivity index (χ1) is 12.6. The summed E-state index contributed by atoms with van der Waals surface area (Å²) < 4.78 is 77.0. The number of halogens is 5. The normalized spacial score (nSPS) is 16.9. The number of benzene rings is 1. The highest BCUT2D eigenvalue weighted by molar-refractivity contribution is 9.10. The highest BCUT2D eigenvalue weighted by Crippen LogP contribution is 2.34. The van der Waals surface area contributed by atoms with E-state index in [0.29, 0.717) is 4.47 Å². The molecule has 0 aliphatic carbocycles. The Hall–Kier alpha value is -1.04. The minimum atomic E-state index is -4.74. The van der Waals surface area contributed by atoms with E-state index in [9.17, 15) is 26.6 Å². The number of rotatable bonds is 7. The van der Waals surface area contributed by atoms with Crippen molar-refractivity contribution in [3.63, 3.8) is 0 Å². The van der Waals surface area contributed by atoms with E-state index in [1.807, 2.05) is 0 Å². The van der Waals surface area contributed by atoms with E-state index < -0.39 is 51.9 Å². The average molecular weight is 492 g/mol. The van der Waals surface area contributed by atoms with Crippen LogP contribution in [0.3, 0.4) is 0 Å². The van der Waals surface area contributed by atoms with Gasteiger partial charge >= 0.3 is 12.1 Å². The molecule has 0 saturated heterocycles. The van der Waals surface area contributed by atoms with Gasteiger partial charge in [-0.1, -0.05) is 15.9 Å². The summed E-state index contributed by atoms with van der Waals surface area (Å²) in [6.45, 7) is 4.29. The van der Waals surface area contributed by atoms with Crippen molar-refractivity contribution in [3.05, 3.63) is 34.1 Å². The Morgan fingerprint density at radius 1 is 1.25 bits per heavy atom. The minimum Gasteiger partial charge on any atom is -0.467 e. The molecule has 0 saturated carbocycles. The molecule has 5 nitrogen and oxygen atoms in total. The molecule has 0 aliphatic rings. The zero-order valence-corrected chi connectivity index (χ0v) is 18.4. The van der Waals surface area contributed by atoms with Gasteiger partial charge in [0, 0.05) is 10.0 Å². The first kappa shape index (κ1) is 25.0. The second kappa shape index (κ2) is 9.19. The number of carbonyl (C=O) groups excluding carboxylic acids is 1. The van der Waals surface area contributed by atoms with Crippen LogP contribution < -0.4 is 4.72 Å². The molecule has 0 spiro atoms. The Balaban J connectivity index is 3.58. The monoisotopic (exact) mass is 491 g/mol. The number of esters is 1. The van der Waals surface area contributed by atoms with Crippen molar-refractivity contribution < 1.29 is 36.0 Å². The van der Waals surface area contributed by atoms with Gasteiger partial charge in [-0.2, -0.15) is 13.2 Å². The van der Waals surface area contributed by atoms with Crippen LogP contribution in [0.4, 0.5) is 17.6 Å². The molecule has 0 aromatic heterocycles. The lowest BCUT2D eigenvalue weighted by Gasteiger charge is -2.38. The van der Waals surface area contributed by atoms with E-state index in [1.54, 1.807) is 20.8 Å². The second-order valence-electron chi connectivity index (χ2n) is 7.14. The van der Waals surface area contributed by atoms with Crippen LogP contribution in [0.25, 0.3) is 0 Å². The summed E-state index contributed by atoms with van der Waals surface area (Å²) in [5, 5.41) is 0. The zero-order valence-electron chi connectivity index (χ0n) is 15.9. The van der Waals surface area contributed by atoms with Gasteiger partial charge in [0.2, 0.25) is 0 Å². The Morgan fingerprint density at radius 3 is 2.29 bits per heavy atom. The molecule has 3 atom stereocenters. The van der Waals surface area contributed by atoms with Crippen molar-refractivity contribution in [3.8, 4) is 0 Å². The van der Waals surface area contributed by atoms with Crippen LogP contribution in [-0.4, -0.2) is 40.9 Å².